The van der Waals surface area contributed by atoms with Gasteiger partial charge in [-0.05, 0) is 19.3 Å². The summed E-state index contributed by atoms with van der Waals surface area (Å²) in [5, 5.41) is 0. The van der Waals surface area contributed by atoms with E-state index in [2.05, 4.69) is 20.8 Å². The van der Waals surface area contributed by atoms with E-state index < -0.39 is 6.10 Å². The third-order valence-corrected chi connectivity index (χ3v) is 15.9. The van der Waals surface area contributed by atoms with Gasteiger partial charge in [-0.3, -0.25) is 14.4 Å². The second-order valence-electron chi connectivity index (χ2n) is 23.5. The molecule has 0 aliphatic rings. The van der Waals surface area contributed by atoms with Crippen molar-refractivity contribution in [2.24, 2.45) is 0 Å². The molecule has 0 aromatic rings. The van der Waals surface area contributed by atoms with Gasteiger partial charge >= 0.3 is 17.9 Å². The van der Waals surface area contributed by atoms with Crippen molar-refractivity contribution in [1.82, 2.24) is 0 Å². The number of hydrogen-bond acceptors (Lipinski definition) is 6. The predicted molar refractivity (Wildman–Crippen MR) is 321 cm³/mol. The molecule has 1 atom stereocenters. The number of esters is 3. The van der Waals surface area contributed by atoms with E-state index in [1.807, 2.05) is 0 Å². The van der Waals surface area contributed by atoms with Crippen molar-refractivity contribution in [3.05, 3.63) is 0 Å². The van der Waals surface area contributed by atoms with Gasteiger partial charge in [-0.2, -0.15) is 0 Å². The zero-order valence-electron chi connectivity index (χ0n) is 50.7. The molecule has 0 aliphatic heterocycles. The molecule has 0 aromatic carbocycles. The third-order valence-electron chi connectivity index (χ3n) is 15.9. The highest BCUT2D eigenvalue weighted by Crippen LogP contribution is 2.19. The molecule has 0 saturated heterocycles. The number of carbonyl (C=O) groups is 3. The van der Waals surface area contributed by atoms with Gasteiger partial charge in [-0.15, -0.1) is 0 Å². The lowest BCUT2D eigenvalue weighted by molar-refractivity contribution is -0.167. The average Bonchev–Trinajstić information content (AvgIpc) is 3.40. The van der Waals surface area contributed by atoms with E-state index in [1.165, 1.54) is 302 Å². The minimum Gasteiger partial charge on any atom is -0.462 e. The molecule has 6 heteroatoms. The maximum absolute atomic E-state index is 12.8. The van der Waals surface area contributed by atoms with E-state index in [0.717, 1.165) is 57.8 Å². The van der Waals surface area contributed by atoms with Crippen LogP contribution in [0.3, 0.4) is 0 Å². The van der Waals surface area contributed by atoms with Crippen LogP contribution in [0.15, 0.2) is 0 Å². The van der Waals surface area contributed by atoms with Gasteiger partial charge in [0.05, 0.1) is 0 Å². The fraction of sp³-hybridized carbons (Fsp3) is 0.956. The molecule has 440 valence electrons. The van der Waals surface area contributed by atoms with Crippen LogP contribution < -0.4 is 0 Å². The lowest BCUT2D eigenvalue weighted by Gasteiger charge is -2.18. The van der Waals surface area contributed by atoms with Crippen LogP contribution in [0.4, 0.5) is 0 Å². The molecule has 0 fully saturated rings. The number of carbonyl (C=O) groups excluding carboxylic acids is 3. The summed E-state index contributed by atoms with van der Waals surface area (Å²) in [6.45, 7) is 6.69. The largest absolute Gasteiger partial charge is 0.462 e. The van der Waals surface area contributed by atoms with Gasteiger partial charge < -0.3 is 14.2 Å². The lowest BCUT2D eigenvalue weighted by Crippen LogP contribution is -2.30. The molecule has 0 radical (unpaired) electrons. The Morgan fingerprint density at radius 2 is 0.365 bits per heavy atom. The van der Waals surface area contributed by atoms with E-state index in [4.69, 9.17) is 14.2 Å². The van der Waals surface area contributed by atoms with Crippen LogP contribution in [0.25, 0.3) is 0 Å². The van der Waals surface area contributed by atoms with Crippen LogP contribution in [0, 0.1) is 0 Å². The fourth-order valence-corrected chi connectivity index (χ4v) is 10.7. The van der Waals surface area contributed by atoms with Crippen LogP contribution >= 0.6 is 0 Å². The fourth-order valence-electron chi connectivity index (χ4n) is 10.7. The SMILES string of the molecule is CCCCCCCCCCCCCCCCCCCCCCCCCCCCCCCCCCCCC(=O)OCC(COC(=O)CCCCCCCCCCC)OC(=O)CCCCCCCCCCCCCCC. The number of unbranched alkanes of at least 4 members (excludes halogenated alkanes) is 53. The van der Waals surface area contributed by atoms with Crippen molar-refractivity contribution in [1.29, 1.82) is 0 Å². The lowest BCUT2D eigenvalue weighted by atomic mass is 10.0. The summed E-state index contributed by atoms with van der Waals surface area (Å²) in [5.74, 6) is -0.835. The molecular weight excluding hydrogens is 913 g/mol. The van der Waals surface area contributed by atoms with Crippen molar-refractivity contribution in [2.75, 3.05) is 13.2 Å². The molecule has 6 nitrogen and oxygen atoms in total. The summed E-state index contributed by atoms with van der Waals surface area (Å²) in [4.78, 5) is 38.1. The first kappa shape index (κ1) is 72.4. The number of rotatable bonds is 64. The molecule has 0 aromatic heterocycles. The van der Waals surface area contributed by atoms with Gasteiger partial charge in [-0.1, -0.05) is 361 Å². The summed E-state index contributed by atoms with van der Waals surface area (Å²) in [5.41, 5.74) is 0. The Hall–Kier alpha value is -1.59. The molecule has 0 N–H and O–H groups in total. The first-order valence-electron chi connectivity index (χ1n) is 34.0. The van der Waals surface area contributed by atoms with E-state index in [9.17, 15) is 14.4 Å². The molecular formula is C68H132O6. The monoisotopic (exact) mass is 1050 g/mol. The molecule has 0 rings (SSSR count). The standard InChI is InChI=1S/C68H132O6/c1-4-7-10-13-16-19-21-23-24-25-26-27-28-29-30-31-32-33-34-35-36-37-38-39-40-41-42-43-45-46-49-52-55-58-61-67(70)73-64-65(63-72-66(69)60-57-54-51-48-18-15-12-9-6-3)74-68(71)62-59-56-53-50-47-44-22-20-17-14-11-8-5-2/h65H,4-64H2,1-3H3. The van der Waals surface area contributed by atoms with Gasteiger partial charge in [-0.25, -0.2) is 0 Å². The van der Waals surface area contributed by atoms with E-state index in [1.54, 1.807) is 0 Å². The van der Waals surface area contributed by atoms with E-state index >= 15 is 0 Å². The summed E-state index contributed by atoms with van der Waals surface area (Å²) in [6.07, 6.45) is 74.5. The maximum Gasteiger partial charge on any atom is 0.306 e. The third kappa shape index (κ3) is 61.3. The average molecular weight is 1050 g/mol. The Labute approximate surface area is 463 Å². The van der Waals surface area contributed by atoms with Gasteiger partial charge in [0.2, 0.25) is 0 Å². The maximum atomic E-state index is 12.8. The normalized spacial score (nSPS) is 11.9. The topological polar surface area (TPSA) is 78.9 Å². The Balaban J connectivity index is 3.91. The van der Waals surface area contributed by atoms with Crippen LogP contribution in [-0.2, 0) is 28.6 Å². The van der Waals surface area contributed by atoms with Gasteiger partial charge in [0.15, 0.2) is 6.10 Å². The number of ether oxygens (including phenoxy) is 3. The van der Waals surface area contributed by atoms with Crippen LogP contribution in [-0.4, -0.2) is 37.2 Å². The highest BCUT2D eigenvalue weighted by Gasteiger charge is 2.19. The molecule has 1 unspecified atom stereocenters. The van der Waals surface area contributed by atoms with E-state index in [0.29, 0.717) is 19.3 Å². The van der Waals surface area contributed by atoms with Crippen molar-refractivity contribution < 1.29 is 28.6 Å². The van der Waals surface area contributed by atoms with Crippen LogP contribution in [0.2, 0.25) is 0 Å². The number of hydrogen-bond donors (Lipinski definition) is 0. The zero-order valence-corrected chi connectivity index (χ0v) is 50.7. The van der Waals surface area contributed by atoms with Gasteiger partial charge in [0.1, 0.15) is 13.2 Å². The van der Waals surface area contributed by atoms with Crippen molar-refractivity contribution >= 4 is 17.9 Å². The summed E-state index contributed by atoms with van der Waals surface area (Å²) in [6, 6.07) is 0. The molecule has 74 heavy (non-hydrogen) atoms. The molecule has 0 amide bonds. The predicted octanol–water partition coefficient (Wildman–Crippen LogP) is 23.1. The Morgan fingerprint density at radius 3 is 0.541 bits per heavy atom. The molecule has 0 aliphatic carbocycles. The minimum atomic E-state index is -0.761. The Kier molecular flexibility index (Phi) is 62.6. The molecule has 0 bridgehead atoms. The Morgan fingerprint density at radius 1 is 0.216 bits per heavy atom. The van der Waals surface area contributed by atoms with Crippen LogP contribution in [0.1, 0.15) is 400 Å². The second kappa shape index (κ2) is 63.9. The summed E-state index contributed by atoms with van der Waals surface area (Å²) in [7, 11) is 0. The quantitative estimate of drug-likeness (QED) is 0.0343. The van der Waals surface area contributed by atoms with Gasteiger partial charge in [0, 0.05) is 19.3 Å². The smallest absolute Gasteiger partial charge is 0.306 e. The zero-order chi connectivity index (χ0) is 53.6. The first-order valence-corrected chi connectivity index (χ1v) is 34.0. The molecule has 0 spiro atoms. The molecule has 0 saturated carbocycles. The second-order valence-corrected chi connectivity index (χ2v) is 23.5. The highest BCUT2D eigenvalue weighted by atomic mass is 16.6. The minimum absolute atomic E-state index is 0.0614. The van der Waals surface area contributed by atoms with Crippen molar-refractivity contribution in [3.63, 3.8) is 0 Å². The van der Waals surface area contributed by atoms with Crippen molar-refractivity contribution in [3.8, 4) is 0 Å². The van der Waals surface area contributed by atoms with E-state index in [-0.39, 0.29) is 31.1 Å². The molecule has 0 heterocycles. The first-order chi connectivity index (χ1) is 36.5. The van der Waals surface area contributed by atoms with Gasteiger partial charge in [0.25, 0.3) is 0 Å². The Bertz CT molecular complexity index is 1110. The van der Waals surface area contributed by atoms with Crippen molar-refractivity contribution in [2.45, 2.75) is 406 Å². The van der Waals surface area contributed by atoms with Crippen LogP contribution in [0.5, 0.6) is 0 Å². The highest BCUT2D eigenvalue weighted by molar-refractivity contribution is 5.71. The summed E-state index contributed by atoms with van der Waals surface area (Å²) < 4.78 is 16.9. The summed E-state index contributed by atoms with van der Waals surface area (Å²) >= 11 is 0.